The number of rotatable bonds is 5. The van der Waals surface area contributed by atoms with Gasteiger partial charge in [-0.3, -0.25) is 4.79 Å². The smallest absolute Gasteiger partial charge is 0.344 e. The van der Waals surface area contributed by atoms with E-state index in [4.69, 9.17) is 5.11 Å². The Balaban J connectivity index is 2.80. The Kier molecular flexibility index (Phi) is 3.44. The number of hydrogen-bond acceptors (Lipinski definition) is 5. The van der Waals surface area contributed by atoms with Crippen LogP contribution in [0.5, 0.6) is 0 Å². The SMILES string of the molecule is CN(CCC(=O)O)c1ncc([N+](=O)[O-])n1C. The molecule has 0 aliphatic rings. The van der Waals surface area contributed by atoms with Crippen LogP contribution in [-0.2, 0) is 11.8 Å². The molecule has 0 saturated carbocycles. The number of hydrogen-bond donors (Lipinski definition) is 1. The van der Waals surface area contributed by atoms with E-state index in [1.807, 2.05) is 0 Å². The third-order valence-corrected chi connectivity index (χ3v) is 2.13. The molecular formula is C8H12N4O4. The van der Waals surface area contributed by atoms with Crippen LogP contribution in [0, 0.1) is 10.1 Å². The normalized spacial score (nSPS) is 10.1. The Morgan fingerprint density at radius 1 is 1.75 bits per heavy atom. The van der Waals surface area contributed by atoms with E-state index >= 15 is 0 Å². The van der Waals surface area contributed by atoms with Crippen molar-refractivity contribution in [2.45, 2.75) is 6.42 Å². The molecule has 8 nitrogen and oxygen atoms in total. The minimum Gasteiger partial charge on any atom is -0.481 e. The lowest BCUT2D eigenvalue weighted by Gasteiger charge is -2.13. The number of nitrogens with zero attached hydrogens (tertiary/aromatic N) is 4. The predicted molar refractivity (Wildman–Crippen MR) is 55.4 cm³/mol. The number of imidazole rings is 1. The second kappa shape index (κ2) is 4.60. The summed E-state index contributed by atoms with van der Waals surface area (Å²) in [7, 11) is 3.15. The molecular weight excluding hydrogens is 216 g/mol. The van der Waals surface area contributed by atoms with E-state index in [0.29, 0.717) is 5.95 Å². The molecule has 0 aliphatic carbocycles. The second-order valence-corrected chi connectivity index (χ2v) is 3.30. The number of aliphatic carboxylic acids is 1. The van der Waals surface area contributed by atoms with Crippen molar-refractivity contribution in [2.75, 3.05) is 18.5 Å². The number of carbonyl (C=O) groups is 1. The first-order chi connectivity index (χ1) is 7.43. The van der Waals surface area contributed by atoms with E-state index in [1.54, 1.807) is 11.9 Å². The first-order valence-electron chi connectivity index (χ1n) is 4.52. The van der Waals surface area contributed by atoms with Gasteiger partial charge in [0.15, 0.2) is 0 Å². The monoisotopic (exact) mass is 228 g/mol. The number of aromatic nitrogens is 2. The van der Waals surface area contributed by atoms with Gasteiger partial charge < -0.3 is 20.1 Å². The average Bonchev–Trinajstić information content (AvgIpc) is 2.56. The summed E-state index contributed by atoms with van der Waals surface area (Å²) >= 11 is 0. The first kappa shape index (κ1) is 12.0. The molecule has 8 heteroatoms. The van der Waals surface area contributed by atoms with Gasteiger partial charge in [-0.05, 0) is 4.92 Å². The summed E-state index contributed by atoms with van der Waals surface area (Å²) in [6.07, 6.45) is 1.10. The molecule has 0 radical (unpaired) electrons. The fraction of sp³-hybridized carbons (Fsp3) is 0.500. The van der Waals surface area contributed by atoms with Crippen molar-refractivity contribution < 1.29 is 14.8 Å². The molecule has 0 fully saturated rings. The summed E-state index contributed by atoms with van der Waals surface area (Å²) in [6.45, 7) is 0.247. The predicted octanol–water partition coefficient (Wildman–Crippen LogP) is 0.239. The molecule has 0 spiro atoms. The van der Waals surface area contributed by atoms with E-state index in [-0.39, 0.29) is 18.8 Å². The van der Waals surface area contributed by atoms with Gasteiger partial charge >= 0.3 is 11.8 Å². The number of carboxylic acid groups (broad SMARTS) is 1. The Morgan fingerprint density at radius 2 is 2.38 bits per heavy atom. The highest BCUT2D eigenvalue weighted by molar-refractivity contribution is 5.67. The molecule has 1 N–H and O–H groups in total. The molecule has 0 amide bonds. The average molecular weight is 228 g/mol. The topological polar surface area (TPSA) is 102 Å². The zero-order valence-corrected chi connectivity index (χ0v) is 8.95. The first-order valence-corrected chi connectivity index (χ1v) is 4.52. The van der Waals surface area contributed by atoms with Crippen LogP contribution in [0.1, 0.15) is 6.42 Å². The van der Waals surface area contributed by atoms with Gasteiger partial charge in [-0.2, -0.15) is 9.55 Å². The van der Waals surface area contributed by atoms with Crippen molar-refractivity contribution in [2.24, 2.45) is 7.05 Å². The van der Waals surface area contributed by atoms with Crippen LogP contribution in [0.25, 0.3) is 0 Å². The van der Waals surface area contributed by atoms with E-state index in [0.717, 1.165) is 6.20 Å². The minimum atomic E-state index is -0.921. The molecule has 1 rings (SSSR count). The second-order valence-electron chi connectivity index (χ2n) is 3.30. The lowest BCUT2D eigenvalue weighted by Crippen LogP contribution is -2.24. The third-order valence-electron chi connectivity index (χ3n) is 2.13. The van der Waals surface area contributed by atoms with Crippen LogP contribution in [0.2, 0.25) is 0 Å². The van der Waals surface area contributed by atoms with E-state index in [9.17, 15) is 14.9 Å². The maximum absolute atomic E-state index is 10.6. The summed E-state index contributed by atoms with van der Waals surface area (Å²) in [4.78, 5) is 25.8. The van der Waals surface area contributed by atoms with Crippen molar-refractivity contribution in [3.05, 3.63) is 16.3 Å². The van der Waals surface area contributed by atoms with Gasteiger partial charge in [-0.25, -0.2) is 0 Å². The molecule has 0 aromatic carbocycles. The van der Waals surface area contributed by atoms with Gasteiger partial charge in [-0.15, -0.1) is 0 Å². The Bertz CT molecular complexity index is 414. The summed E-state index contributed by atoms with van der Waals surface area (Å²) in [5.74, 6) is -0.680. The Hall–Kier alpha value is -2.12. The number of carboxylic acids is 1. The molecule has 1 aromatic heterocycles. The summed E-state index contributed by atoms with van der Waals surface area (Å²) < 4.78 is 1.31. The van der Waals surface area contributed by atoms with Gasteiger partial charge in [0.25, 0.3) is 5.95 Å². The van der Waals surface area contributed by atoms with Crippen molar-refractivity contribution in [1.82, 2.24) is 9.55 Å². The van der Waals surface area contributed by atoms with Crippen molar-refractivity contribution in [3.63, 3.8) is 0 Å². The molecule has 0 saturated heterocycles. The van der Waals surface area contributed by atoms with Crippen molar-refractivity contribution >= 4 is 17.7 Å². The van der Waals surface area contributed by atoms with Gasteiger partial charge in [0.05, 0.1) is 13.5 Å². The lowest BCUT2D eigenvalue weighted by molar-refractivity contribution is -0.391. The summed E-state index contributed by atoms with van der Waals surface area (Å²) in [6, 6.07) is 0. The zero-order valence-electron chi connectivity index (χ0n) is 8.95. The maximum Gasteiger partial charge on any atom is 0.344 e. The molecule has 0 atom stereocenters. The van der Waals surface area contributed by atoms with Crippen LogP contribution in [0.4, 0.5) is 11.8 Å². The highest BCUT2D eigenvalue weighted by atomic mass is 16.6. The summed E-state index contributed by atoms with van der Waals surface area (Å²) in [5, 5.41) is 19.1. The van der Waals surface area contributed by atoms with Crippen LogP contribution < -0.4 is 4.90 Å². The van der Waals surface area contributed by atoms with Gasteiger partial charge in [0, 0.05) is 13.6 Å². The molecule has 88 valence electrons. The van der Waals surface area contributed by atoms with Gasteiger partial charge in [-0.1, -0.05) is 0 Å². The standard InChI is InChI=1S/C8H12N4O4/c1-10(4-3-7(13)14)8-9-5-6(11(8)2)12(15)16/h5H,3-4H2,1-2H3,(H,13,14). The maximum atomic E-state index is 10.6. The minimum absolute atomic E-state index is 0.0445. The molecule has 1 heterocycles. The highest BCUT2D eigenvalue weighted by Gasteiger charge is 2.19. The van der Waals surface area contributed by atoms with Gasteiger partial charge in [0.2, 0.25) is 0 Å². The molecule has 0 unspecified atom stereocenters. The quantitative estimate of drug-likeness (QED) is 0.572. The third kappa shape index (κ3) is 2.47. The van der Waals surface area contributed by atoms with E-state index in [2.05, 4.69) is 4.98 Å². The molecule has 0 aliphatic heterocycles. The highest BCUT2D eigenvalue weighted by Crippen LogP contribution is 2.18. The largest absolute Gasteiger partial charge is 0.481 e. The van der Waals surface area contributed by atoms with Crippen LogP contribution >= 0.6 is 0 Å². The number of anilines is 1. The van der Waals surface area contributed by atoms with Crippen molar-refractivity contribution in [1.29, 1.82) is 0 Å². The van der Waals surface area contributed by atoms with E-state index in [1.165, 1.54) is 11.6 Å². The lowest BCUT2D eigenvalue weighted by atomic mass is 10.4. The van der Waals surface area contributed by atoms with Crippen LogP contribution in [0.3, 0.4) is 0 Å². The molecule has 1 aromatic rings. The summed E-state index contributed by atoms with van der Waals surface area (Å²) in [5.41, 5.74) is 0. The zero-order chi connectivity index (χ0) is 12.3. The molecule has 16 heavy (non-hydrogen) atoms. The van der Waals surface area contributed by atoms with Gasteiger partial charge in [0.1, 0.15) is 6.20 Å². The van der Waals surface area contributed by atoms with Crippen molar-refractivity contribution in [3.8, 4) is 0 Å². The van der Waals surface area contributed by atoms with Crippen LogP contribution in [-0.4, -0.2) is 39.1 Å². The number of nitro groups is 1. The Labute approximate surface area is 91.3 Å². The van der Waals surface area contributed by atoms with E-state index < -0.39 is 10.9 Å². The van der Waals surface area contributed by atoms with Crippen LogP contribution in [0.15, 0.2) is 6.20 Å². The fourth-order valence-corrected chi connectivity index (χ4v) is 1.28. The molecule has 0 bridgehead atoms. The fourth-order valence-electron chi connectivity index (χ4n) is 1.28. The Morgan fingerprint density at radius 3 is 2.81 bits per heavy atom.